The molecule has 1 heterocycles. The third kappa shape index (κ3) is 3.80. The molecule has 0 aromatic heterocycles. The van der Waals surface area contributed by atoms with Gasteiger partial charge in [0.1, 0.15) is 0 Å². The Balaban J connectivity index is 2.28. The lowest BCUT2D eigenvalue weighted by atomic mass is 9.89. The van der Waals surface area contributed by atoms with E-state index >= 15 is 0 Å². The number of nitrogens with two attached hydrogens (primary N) is 1. The molecule has 0 spiro atoms. The Morgan fingerprint density at radius 3 is 2.63 bits per heavy atom. The van der Waals surface area contributed by atoms with E-state index in [0.29, 0.717) is 12.0 Å². The third-order valence-electron chi connectivity index (χ3n) is 4.14. The number of hydrogen-bond donors (Lipinski definition) is 1. The van der Waals surface area contributed by atoms with E-state index < -0.39 is 0 Å². The summed E-state index contributed by atoms with van der Waals surface area (Å²) < 4.78 is 1.15. The van der Waals surface area contributed by atoms with Gasteiger partial charge < -0.3 is 5.73 Å². The molecule has 0 radical (unpaired) electrons. The molecule has 2 nitrogen and oxygen atoms in total. The van der Waals surface area contributed by atoms with Gasteiger partial charge in [-0.1, -0.05) is 41.4 Å². The zero-order chi connectivity index (χ0) is 13.7. The largest absolute Gasteiger partial charge is 0.330 e. The zero-order valence-corrected chi connectivity index (χ0v) is 13.4. The fourth-order valence-corrected chi connectivity index (χ4v) is 3.51. The number of hydrogen-bond acceptors (Lipinski definition) is 2. The summed E-state index contributed by atoms with van der Waals surface area (Å²) in [5, 5.41) is 0. The lowest BCUT2D eigenvalue weighted by Gasteiger charge is -2.35. The minimum absolute atomic E-state index is 0.501. The summed E-state index contributed by atoms with van der Waals surface area (Å²) in [7, 11) is 0. The van der Waals surface area contributed by atoms with Gasteiger partial charge in [-0.15, -0.1) is 0 Å². The van der Waals surface area contributed by atoms with Crippen molar-refractivity contribution < 1.29 is 0 Å². The Morgan fingerprint density at radius 1 is 1.26 bits per heavy atom. The second-order valence-corrected chi connectivity index (χ2v) is 6.44. The van der Waals surface area contributed by atoms with Gasteiger partial charge in [0.15, 0.2) is 0 Å². The molecular weight excluding hydrogens is 300 g/mol. The Morgan fingerprint density at radius 2 is 2.00 bits per heavy atom. The third-order valence-corrected chi connectivity index (χ3v) is 4.66. The van der Waals surface area contributed by atoms with Crippen LogP contribution in [0.1, 0.15) is 44.2 Å². The average molecular weight is 325 g/mol. The van der Waals surface area contributed by atoms with Gasteiger partial charge in [-0.05, 0) is 62.5 Å². The highest BCUT2D eigenvalue weighted by atomic mass is 79.9. The second kappa shape index (κ2) is 7.41. The number of likely N-dealkylation sites (tertiary alicyclic amines) is 1. The zero-order valence-electron chi connectivity index (χ0n) is 11.8. The van der Waals surface area contributed by atoms with Crippen molar-refractivity contribution in [2.75, 3.05) is 19.6 Å². The molecule has 0 saturated carbocycles. The van der Waals surface area contributed by atoms with Crippen LogP contribution in [0, 0.1) is 5.92 Å². The summed E-state index contributed by atoms with van der Waals surface area (Å²) >= 11 is 3.52. The van der Waals surface area contributed by atoms with E-state index in [2.05, 4.69) is 52.0 Å². The molecule has 2 rings (SSSR count). The van der Waals surface area contributed by atoms with Crippen LogP contribution in [0.3, 0.4) is 0 Å². The number of benzene rings is 1. The van der Waals surface area contributed by atoms with Crippen LogP contribution in [0.4, 0.5) is 0 Å². The highest BCUT2D eigenvalue weighted by molar-refractivity contribution is 9.10. The van der Waals surface area contributed by atoms with Crippen LogP contribution in [0.5, 0.6) is 0 Å². The van der Waals surface area contributed by atoms with Crippen molar-refractivity contribution in [3.8, 4) is 0 Å². The van der Waals surface area contributed by atoms with Crippen LogP contribution in [-0.4, -0.2) is 24.5 Å². The fraction of sp³-hybridized carbons (Fsp3) is 0.625. The maximum atomic E-state index is 6.05. The smallest absolute Gasteiger partial charge is 0.0388 e. The lowest BCUT2D eigenvalue weighted by molar-refractivity contribution is 0.158. The quantitative estimate of drug-likeness (QED) is 0.908. The minimum atomic E-state index is 0.501. The molecule has 19 heavy (non-hydrogen) atoms. The van der Waals surface area contributed by atoms with Crippen molar-refractivity contribution in [1.29, 1.82) is 0 Å². The summed E-state index contributed by atoms with van der Waals surface area (Å²) in [6.07, 6.45) is 5.10. The average Bonchev–Trinajstić information content (AvgIpc) is 2.62. The molecule has 106 valence electrons. The Bertz CT molecular complexity index is 377. The van der Waals surface area contributed by atoms with E-state index in [4.69, 9.17) is 5.73 Å². The monoisotopic (exact) mass is 324 g/mol. The molecule has 0 bridgehead atoms. The predicted molar refractivity (Wildman–Crippen MR) is 85.1 cm³/mol. The van der Waals surface area contributed by atoms with E-state index in [1.807, 2.05) is 0 Å². The molecule has 2 unspecified atom stereocenters. The standard InChI is InChI=1S/C16H25BrN2/c1-2-10-19-11-4-3-5-14(12-18)16(19)13-6-8-15(17)9-7-13/h6-9,14,16H,2-5,10-12,18H2,1H3. The molecule has 1 aromatic carbocycles. The maximum Gasteiger partial charge on any atom is 0.0388 e. The SMILES string of the molecule is CCCN1CCCCC(CN)C1c1ccc(Br)cc1. The van der Waals surface area contributed by atoms with Gasteiger partial charge in [0.2, 0.25) is 0 Å². The first-order valence-electron chi connectivity index (χ1n) is 7.45. The van der Waals surface area contributed by atoms with E-state index in [1.165, 1.54) is 44.3 Å². The molecule has 3 heteroatoms. The van der Waals surface area contributed by atoms with Crippen LogP contribution in [0.2, 0.25) is 0 Å². The Kier molecular flexibility index (Phi) is 5.86. The van der Waals surface area contributed by atoms with E-state index in [9.17, 15) is 0 Å². The summed E-state index contributed by atoms with van der Waals surface area (Å²) in [6.45, 7) is 5.45. The van der Waals surface area contributed by atoms with Crippen molar-refractivity contribution in [1.82, 2.24) is 4.90 Å². The fourth-order valence-electron chi connectivity index (χ4n) is 3.24. The Labute approximate surface area is 125 Å². The molecule has 1 saturated heterocycles. The van der Waals surface area contributed by atoms with Crippen LogP contribution in [0.25, 0.3) is 0 Å². The van der Waals surface area contributed by atoms with E-state index in [0.717, 1.165) is 11.0 Å². The van der Waals surface area contributed by atoms with E-state index in [1.54, 1.807) is 0 Å². The van der Waals surface area contributed by atoms with Crippen LogP contribution < -0.4 is 5.73 Å². The number of halogens is 1. The molecular formula is C16H25BrN2. The van der Waals surface area contributed by atoms with Gasteiger partial charge in [0, 0.05) is 10.5 Å². The first-order valence-corrected chi connectivity index (χ1v) is 8.25. The normalized spacial score (nSPS) is 25.2. The summed E-state index contributed by atoms with van der Waals surface area (Å²) in [5.41, 5.74) is 7.48. The molecule has 0 amide bonds. The van der Waals surface area contributed by atoms with Crippen molar-refractivity contribution in [3.05, 3.63) is 34.3 Å². The molecule has 0 aliphatic carbocycles. The molecule has 1 fully saturated rings. The van der Waals surface area contributed by atoms with Gasteiger partial charge in [0.25, 0.3) is 0 Å². The summed E-state index contributed by atoms with van der Waals surface area (Å²) in [5.74, 6) is 0.593. The summed E-state index contributed by atoms with van der Waals surface area (Å²) in [4.78, 5) is 2.65. The topological polar surface area (TPSA) is 29.3 Å². The van der Waals surface area contributed by atoms with Crippen molar-refractivity contribution in [2.45, 2.75) is 38.6 Å². The highest BCUT2D eigenvalue weighted by Crippen LogP contribution is 2.35. The Hall–Kier alpha value is -0.380. The van der Waals surface area contributed by atoms with Crippen LogP contribution in [0.15, 0.2) is 28.7 Å². The van der Waals surface area contributed by atoms with Crippen molar-refractivity contribution in [2.24, 2.45) is 11.7 Å². The number of nitrogens with zero attached hydrogens (tertiary/aromatic N) is 1. The minimum Gasteiger partial charge on any atom is -0.330 e. The molecule has 2 N–H and O–H groups in total. The number of rotatable bonds is 4. The van der Waals surface area contributed by atoms with Gasteiger partial charge in [-0.2, -0.15) is 0 Å². The molecule has 1 aliphatic rings. The molecule has 2 atom stereocenters. The highest BCUT2D eigenvalue weighted by Gasteiger charge is 2.29. The van der Waals surface area contributed by atoms with Crippen LogP contribution >= 0.6 is 15.9 Å². The maximum absolute atomic E-state index is 6.05. The first kappa shape index (κ1) is 15.0. The van der Waals surface area contributed by atoms with Gasteiger partial charge in [-0.3, -0.25) is 4.90 Å². The first-order chi connectivity index (χ1) is 9.26. The lowest BCUT2D eigenvalue weighted by Crippen LogP contribution is -2.36. The van der Waals surface area contributed by atoms with E-state index in [-0.39, 0.29) is 0 Å². The van der Waals surface area contributed by atoms with Gasteiger partial charge >= 0.3 is 0 Å². The molecule has 1 aliphatic heterocycles. The molecule has 1 aromatic rings. The summed E-state index contributed by atoms with van der Waals surface area (Å²) in [6, 6.07) is 9.31. The van der Waals surface area contributed by atoms with Gasteiger partial charge in [-0.25, -0.2) is 0 Å². The van der Waals surface area contributed by atoms with Crippen molar-refractivity contribution >= 4 is 15.9 Å². The predicted octanol–water partition coefficient (Wildman–Crippen LogP) is 3.96. The second-order valence-electron chi connectivity index (χ2n) is 5.52. The van der Waals surface area contributed by atoms with Crippen molar-refractivity contribution in [3.63, 3.8) is 0 Å². The van der Waals surface area contributed by atoms with Crippen LogP contribution in [-0.2, 0) is 0 Å². The van der Waals surface area contributed by atoms with Gasteiger partial charge in [0.05, 0.1) is 0 Å².